The summed E-state index contributed by atoms with van der Waals surface area (Å²) in [6.45, 7) is 10.8. The van der Waals surface area contributed by atoms with E-state index in [9.17, 15) is 18.3 Å². The highest BCUT2D eigenvalue weighted by molar-refractivity contribution is 7.89. The largest absolute Gasteiger partial charge is 0.378 e. The lowest BCUT2D eigenvalue weighted by molar-refractivity contribution is -0.130. The lowest BCUT2D eigenvalue weighted by atomic mass is 9.79. The van der Waals surface area contributed by atoms with Crippen LogP contribution in [0, 0.1) is 12.3 Å². The molecule has 0 unspecified atom stereocenters. The van der Waals surface area contributed by atoms with Crippen molar-refractivity contribution in [3.63, 3.8) is 0 Å². The lowest BCUT2D eigenvalue weighted by Crippen LogP contribution is -2.36. The zero-order chi connectivity index (χ0) is 19.2. The van der Waals surface area contributed by atoms with E-state index in [0.29, 0.717) is 12.1 Å². The van der Waals surface area contributed by atoms with Crippen molar-refractivity contribution < 1.29 is 18.3 Å². The van der Waals surface area contributed by atoms with Gasteiger partial charge in [-0.1, -0.05) is 31.5 Å². The maximum Gasteiger partial charge on any atom is 0.243 e. The number of aliphatic hydroxyl groups is 1. The van der Waals surface area contributed by atoms with Gasteiger partial charge in [0.2, 0.25) is 10.0 Å². The Morgan fingerprint density at radius 2 is 1.72 bits per heavy atom. The minimum atomic E-state index is -3.63. The van der Waals surface area contributed by atoms with E-state index in [1.54, 1.807) is 31.2 Å². The predicted molar refractivity (Wildman–Crippen MR) is 97.7 cm³/mol. The number of aryl methyl sites for hydroxylation is 1. The number of hydrogen-bond acceptors (Lipinski definition) is 4. The Balaban J connectivity index is 2.46. The van der Waals surface area contributed by atoms with Crippen LogP contribution >= 0.6 is 0 Å². The molecule has 0 bridgehead atoms. The van der Waals surface area contributed by atoms with Crippen LogP contribution in [0.4, 0.5) is 0 Å². The topological polar surface area (TPSA) is 74.7 Å². The Morgan fingerprint density at radius 1 is 1.20 bits per heavy atom. The van der Waals surface area contributed by atoms with Crippen molar-refractivity contribution in [2.75, 3.05) is 13.1 Å². The van der Waals surface area contributed by atoms with Gasteiger partial charge in [-0.15, -0.1) is 0 Å². The molecule has 1 aromatic rings. The van der Waals surface area contributed by atoms with Crippen LogP contribution in [0.5, 0.6) is 0 Å². The molecule has 1 aliphatic rings. The van der Waals surface area contributed by atoms with Gasteiger partial charge in [-0.25, -0.2) is 8.42 Å². The summed E-state index contributed by atoms with van der Waals surface area (Å²) in [5.41, 5.74) is 0.280. The van der Waals surface area contributed by atoms with Crippen molar-refractivity contribution in [1.29, 1.82) is 0 Å². The van der Waals surface area contributed by atoms with Crippen molar-refractivity contribution in [2.45, 2.75) is 52.0 Å². The Morgan fingerprint density at radius 3 is 2.20 bits per heavy atom. The number of benzene rings is 1. The van der Waals surface area contributed by atoms with Gasteiger partial charge in [-0.3, -0.25) is 4.79 Å². The average molecular weight is 365 g/mol. The molecule has 1 heterocycles. The quantitative estimate of drug-likeness (QED) is 0.833. The number of ketones is 1. The molecule has 1 N–H and O–H groups in total. The maximum atomic E-state index is 13.0. The Kier molecular flexibility index (Phi) is 5.03. The van der Waals surface area contributed by atoms with Gasteiger partial charge in [0.25, 0.3) is 0 Å². The van der Waals surface area contributed by atoms with Crippen LogP contribution < -0.4 is 0 Å². The van der Waals surface area contributed by atoms with E-state index in [2.05, 4.69) is 0 Å². The Labute approximate surface area is 150 Å². The highest BCUT2D eigenvalue weighted by Crippen LogP contribution is 2.41. The highest BCUT2D eigenvalue weighted by Gasteiger charge is 2.44. The Bertz CT molecular complexity index is 817. The van der Waals surface area contributed by atoms with Gasteiger partial charge in [-0.05, 0) is 51.0 Å². The minimum absolute atomic E-state index is 0.179. The summed E-state index contributed by atoms with van der Waals surface area (Å²) in [7, 11) is -3.63. The van der Waals surface area contributed by atoms with Crippen molar-refractivity contribution in [2.24, 2.45) is 5.41 Å². The fraction of sp³-hybridized carbons (Fsp3) is 0.526. The van der Waals surface area contributed by atoms with Crippen molar-refractivity contribution in [3.8, 4) is 0 Å². The maximum absolute atomic E-state index is 13.0. The minimum Gasteiger partial charge on any atom is -0.378 e. The van der Waals surface area contributed by atoms with E-state index < -0.39 is 21.0 Å². The summed E-state index contributed by atoms with van der Waals surface area (Å²) in [6, 6.07) is 6.77. The monoisotopic (exact) mass is 365 g/mol. The molecular formula is C19H27NO4S. The molecule has 0 radical (unpaired) electrons. The summed E-state index contributed by atoms with van der Waals surface area (Å²) < 4.78 is 27.3. The number of hydrogen-bond donors (Lipinski definition) is 1. The fourth-order valence-corrected chi connectivity index (χ4v) is 4.77. The van der Waals surface area contributed by atoms with Gasteiger partial charge in [0.05, 0.1) is 4.90 Å². The smallest absolute Gasteiger partial charge is 0.243 e. The number of carbonyl (C=O) groups excluding carboxylic acids is 1. The number of sulfonamides is 1. The van der Waals surface area contributed by atoms with E-state index >= 15 is 0 Å². The molecule has 2 rings (SSSR count). The molecule has 25 heavy (non-hydrogen) atoms. The van der Waals surface area contributed by atoms with E-state index in [1.807, 2.05) is 20.8 Å². The first-order chi connectivity index (χ1) is 11.3. The first-order valence-electron chi connectivity index (χ1n) is 8.31. The number of carbonyl (C=O) groups is 1. The van der Waals surface area contributed by atoms with Gasteiger partial charge >= 0.3 is 0 Å². The summed E-state index contributed by atoms with van der Waals surface area (Å²) in [6.07, 6.45) is 0. The first-order valence-corrected chi connectivity index (χ1v) is 9.75. The van der Waals surface area contributed by atoms with Crippen molar-refractivity contribution >= 4 is 15.8 Å². The fourth-order valence-electron chi connectivity index (χ4n) is 3.20. The number of nitrogens with zero attached hydrogens (tertiary/aromatic N) is 1. The number of rotatable bonds is 4. The molecular weight excluding hydrogens is 338 g/mol. The van der Waals surface area contributed by atoms with Gasteiger partial charge in [0, 0.05) is 18.5 Å². The summed E-state index contributed by atoms with van der Waals surface area (Å²) in [5.74, 6) is -0.354. The molecule has 0 saturated carbocycles. The zero-order valence-electron chi connectivity index (χ0n) is 15.8. The third-order valence-corrected chi connectivity index (χ3v) is 7.06. The van der Waals surface area contributed by atoms with Crippen LogP contribution in [0.25, 0.3) is 0 Å². The molecule has 1 fully saturated rings. The van der Waals surface area contributed by atoms with Gasteiger partial charge < -0.3 is 5.11 Å². The van der Waals surface area contributed by atoms with Crippen LogP contribution in [0.3, 0.4) is 0 Å². The van der Waals surface area contributed by atoms with Crippen molar-refractivity contribution in [3.05, 3.63) is 41.0 Å². The molecule has 1 atom stereocenters. The van der Waals surface area contributed by atoms with Crippen LogP contribution in [0.2, 0.25) is 0 Å². The molecule has 1 saturated heterocycles. The molecule has 5 nitrogen and oxygen atoms in total. The van der Waals surface area contributed by atoms with Crippen LogP contribution in [-0.4, -0.2) is 42.3 Å². The Hall–Kier alpha value is -1.50. The highest BCUT2D eigenvalue weighted by atomic mass is 32.2. The van der Waals surface area contributed by atoms with E-state index in [4.69, 9.17) is 0 Å². The zero-order valence-corrected chi connectivity index (χ0v) is 16.6. The second-order valence-corrected chi connectivity index (χ2v) is 9.64. The second-order valence-electron chi connectivity index (χ2n) is 7.70. The molecule has 138 valence electrons. The summed E-state index contributed by atoms with van der Waals surface area (Å²) in [4.78, 5) is 12.0. The van der Waals surface area contributed by atoms with Crippen LogP contribution in [-0.2, 0) is 14.8 Å². The molecule has 1 aromatic carbocycles. The SMILES string of the molecule is CC(=O)[C@@](C)(O)/C(C)=C1/CN(S(=O)(=O)c2ccc(C)cc2)CC1(C)C. The van der Waals surface area contributed by atoms with Gasteiger partial charge in [-0.2, -0.15) is 4.31 Å². The van der Waals surface area contributed by atoms with Gasteiger partial charge in [0.15, 0.2) is 5.78 Å². The molecule has 6 heteroatoms. The molecule has 1 aliphatic heterocycles. The van der Waals surface area contributed by atoms with E-state index in [-0.39, 0.29) is 17.2 Å². The third-order valence-electron chi connectivity index (χ3n) is 5.25. The van der Waals surface area contributed by atoms with Crippen LogP contribution in [0.1, 0.15) is 40.2 Å². The standard InChI is InChI=1S/C19H27NO4S/c1-13-7-9-16(10-8-13)25(23,24)20-11-17(18(4,5)12-20)14(2)19(6,22)15(3)21/h7-10,22H,11-12H2,1-6H3/b17-14-/t19-/m0/s1. The summed E-state index contributed by atoms with van der Waals surface area (Å²) >= 11 is 0. The van der Waals surface area contributed by atoms with Crippen molar-refractivity contribution in [1.82, 2.24) is 4.31 Å². The molecule has 0 spiro atoms. The first kappa shape index (κ1) is 19.8. The lowest BCUT2D eigenvalue weighted by Gasteiger charge is -2.28. The van der Waals surface area contributed by atoms with E-state index in [1.165, 1.54) is 18.2 Å². The molecule has 0 aliphatic carbocycles. The summed E-state index contributed by atoms with van der Waals surface area (Å²) in [5, 5.41) is 10.5. The normalized spacial score (nSPS) is 22.5. The van der Waals surface area contributed by atoms with Gasteiger partial charge in [0.1, 0.15) is 5.60 Å². The third kappa shape index (κ3) is 3.57. The molecule has 0 amide bonds. The molecule has 0 aromatic heterocycles. The average Bonchev–Trinajstić information content (AvgIpc) is 2.82. The second kappa shape index (κ2) is 6.34. The predicted octanol–water partition coefficient (Wildman–Crippen LogP) is 2.68. The van der Waals surface area contributed by atoms with E-state index in [0.717, 1.165) is 11.1 Å². The number of Topliss-reactive ketones (excluding diaryl/α,β-unsaturated/α-hetero) is 1. The van der Waals surface area contributed by atoms with Crippen LogP contribution in [0.15, 0.2) is 40.3 Å².